The Kier molecular flexibility index (Phi) is 4.69. The standard InChI is InChI=1S/C16H12N2O4/c1-17-21-13-7-5-11(9-15(13)19-3)12-6-8-14(22-18-2)16(10-12)20-4/h5-10H,3-4H3. The summed E-state index contributed by atoms with van der Waals surface area (Å²) < 4.78 is 10.4. The van der Waals surface area contributed by atoms with Gasteiger partial charge in [0.25, 0.3) is 11.5 Å². The van der Waals surface area contributed by atoms with Crippen molar-refractivity contribution in [3.05, 3.63) is 59.6 Å². The highest BCUT2D eigenvalue weighted by molar-refractivity contribution is 5.70. The van der Waals surface area contributed by atoms with Crippen LogP contribution in [0.1, 0.15) is 0 Å². The third kappa shape index (κ3) is 3.02. The van der Waals surface area contributed by atoms with Gasteiger partial charge < -0.3 is 9.47 Å². The molecular formula is C16H12N2O4. The van der Waals surface area contributed by atoms with Crippen molar-refractivity contribution in [3.63, 3.8) is 0 Å². The Hall–Kier alpha value is -3.38. The van der Waals surface area contributed by atoms with E-state index < -0.39 is 0 Å². The minimum absolute atomic E-state index is 0.348. The third-order valence-corrected chi connectivity index (χ3v) is 2.95. The van der Waals surface area contributed by atoms with E-state index in [1.54, 1.807) is 36.4 Å². The fraction of sp³-hybridized carbons (Fsp3) is 0.125. The SMILES string of the molecule is [C-]#[N+]Oc1ccc(-c2ccc(O[N+]#[C-])c(OC)c2)cc1OC. The predicted molar refractivity (Wildman–Crippen MR) is 79.4 cm³/mol. The van der Waals surface area contributed by atoms with Crippen LogP contribution in [-0.2, 0) is 0 Å². The zero-order valence-corrected chi connectivity index (χ0v) is 12.0. The summed E-state index contributed by atoms with van der Waals surface area (Å²) in [6.07, 6.45) is 0. The zero-order valence-electron chi connectivity index (χ0n) is 12.0. The Morgan fingerprint density at radius 3 is 1.41 bits per heavy atom. The number of hydrogen-bond donors (Lipinski definition) is 0. The summed E-state index contributed by atoms with van der Waals surface area (Å²) >= 11 is 0. The van der Waals surface area contributed by atoms with E-state index in [2.05, 4.69) is 10.0 Å². The molecule has 0 unspecified atom stereocenters. The highest BCUT2D eigenvalue weighted by atomic mass is 16.6. The fourth-order valence-corrected chi connectivity index (χ4v) is 1.94. The van der Waals surface area contributed by atoms with Crippen LogP contribution in [0, 0.1) is 13.1 Å². The molecule has 6 heteroatoms. The van der Waals surface area contributed by atoms with Gasteiger partial charge in [-0.3, -0.25) is 0 Å². The second kappa shape index (κ2) is 6.87. The Bertz CT molecular complexity index is 694. The number of rotatable bonds is 5. The van der Waals surface area contributed by atoms with Gasteiger partial charge in [0.1, 0.15) is 0 Å². The molecule has 2 aromatic rings. The molecule has 0 aliphatic rings. The molecule has 0 spiro atoms. The van der Waals surface area contributed by atoms with Crippen molar-refractivity contribution < 1.29 is 19.1 Å². The Balaban J connectivity index is 2.44. The number of methoxy groups -OCH3 is 2. The summed E-state index contributed by atoms with van der Waals surface area (Å²) in [5.74, 6) is 1.60. The second-order valence-corrected chi connectivity index (χ2v) is 4.10. The van der Waals surface area contributed by atoms with Crippen molar-refractivity contribution >= 4 is 0 Å². The molecule has 22 heavy (non-hydrogen) atoms. The molecule has 0 saturated heterocycles. The Morgan fingerprint density at radius 2 is 1.09 bits per heavy atom. The molecule has 110 valence electrons. The first kappa shape index (κ1) is 15.0. The Morgan fingerprint density at radius 1 is 0.682 bits per heavy atom. The molecule has 0 N–H and O–H groups in total. The molecule has 0 aromatic heterocycles. The van der Waals surface area contributed by atoms with Crippen LogP contribution in [0.3, 0.4) is 0 Å². The molecule has 0 fully saturated rings. The highest BCUT2D eigenvalue weighted by Crippen LogP contribution is 2.36. The van der Waals surface area contributed by atoms with Gasteiger partial charge in [-0.25, -0.2) is 0 Å². The first-order valence-corrected chi connectivity index (χ1v) is 6.17. The minimum Gasteiger partial charge on any atom is -0.492 e. The third-order valence-electron chi connectivity index (χ3n) is 2.95. The zero-order chi connectivity index (χ0) is 15.9. The van der Waals surface area contributed by atoms with E-state index in [0.29, 0.717) is 23.0 Å². The van der Waals surface area contributed by atoms with Crippen LogP contribution < -0.4 is 19.1 Å². The molecular weight excluding hydrogens is 284 g/mol. The van der Waals surface area contributed by atoms with Crippen LogP contribution in [0.5, 0.6) is 23.0 Å². The summed E-state index contributed by atoms with van der Waals surface area (Å²) in [5, 5.41) is 5.76. The molecule has 0 amide bonds. The van der Waals surface area contributed by atoms with Crippen molar-refractivity contribution in [2.45, 2.75) is 0 Å². The van der Waals surface area contributed by atoms with E-state index in [9.17, 15) is 0 Å². The maximum absolute atomic E-state index is 6.74. The normalized spacial score (nSPS) is 9.27. The number of ether oxygens (including phenoxy) is 2. The molecule has 2 rings (SSSR count). The van der Waals surface area contributed by atoms with E-state index in [-0.39, 0.29) is 0 Å². The van der Waals surface area contributed by atoms with E-state index in [1.807, 2.05) is 0 Å². The monoisotopic (exact) mass is 296 g/mol. The molecule has 0 bridgehead atoms. The lowest BCUT2D eigenvalue weighted by atomic mass is 10.0. The summed E-state index contributed by atoms with van der Waals surface area (Å²) in [6, 6.07) is 10.4. The summed E-state index contributed by atoms with van der Waals surface area (Å²) in [4.78, 5) is 9.61. The fourth-order valence-electron chi connectivity index (χ4n) is 1.94. The van der Waals surface area contributed by atoms with Gasteiger partial charge in [0, 0.05) is 0 Å². The van der Waals surface area contributed by atoms with Gasteiger partial charge in [-0.05, 0) is 45.4 Å². The van der Waals surface area contributed by atoms with Gasteiger partial charge >= 0.3 is 0 Å². The lowest BCUT2D eigenvalue weighted by Crippen LogP contribution is -1.91. The van der Waals surface area contributed by atoms with Crippen LogP contribution in [0.25, 0.3) is 21.1 Å². The largest absolute Gasteiger partial charge is 0.492 e. The van der Waals surface area contributed by atoms with Crippen molar-refractivity contribution in [3.8, 4) is 34.1 Å². The number of benzene rings is 2. The van der Waals surface area contributed by atoms with Gasteiger partial charge in [-0.1, -0.05) is 12.1 Å². The average Bonchev–Trinajstić information content (AvgIpc) is 2.56. The Labute approximate surface area is 128 Å². The lowest BCUT2D eigenvalue weighted by molar-refractivity contribution is 0.375. The molecule has 0 radical (unpaired) electrons. The van der Waals surface area contributed by atoms with Gasteiger partial charge in [0.05, 0.1) is 14.2 Å². The van der Waals surface area contributed by atoms with Crippen LogP contribution in [-0.4, -0.2) is 14.2 Å². The number of nitrogens with zero attached hydrogens (tertiary/aromatic N) is 2. The van der Waals surface area contributed by atoms with Crippen molar-refractivity contribution in [1.29, 1.82) is 0 Å². The molecule has 0 heterocycles. The summed E-state index contributed by atoms with van der Waals surface area (Å²) in [6.45, 7) is 13.5. The van der Waals surface area contributed by atoms with Gasteiger partial charge in [-0.2, -0.15) is 22.8 Å². The second-order valence-electron chi connectivity index (χ2n) is 4.10. The van der Waals surface area contributed by atoms with Crippen LogP contribution in [0.2, 0.25) is 0 Å². The smallest absolute Gasteiger partial charge is 0.260 e. The number of hydrogen-bond acceptors (Lipinski definition) is 4. The maximum Gasteiger partial charge on any atom is 0.260 e. The predicted octanol–water partition coefficient (Wildman–Crippen LogP) is 3.80. The molecule has 0 aliphatic carbocycles. The molecule has 0 atom stereocenters. The first-order chi connectivity index (χ1) is 10.7. The van der Waals surface area contributed by atoms with Crippen LogP contribution in [0.15, 0.2) is 36.4 Å². The highest BCUT2D eigenvalue weighted by Gasteiger charge is 2.13. The van der Waals surface area contributed by atoms with E-state index >= 15 is 0 Å². The van der Waals surface area contributed by atoms with Crippen LogP contribution in [0.4, 0.5) is 0 Å². The molecule has 2 aromatic carbocycles. The van der Waals surface area contributed by atoms with Crippen molar-refractivity contribution in [2.75, 3.05) is 14.2 Å². The van der Waals surface area contributed by atoms with Gasteiger partial charge in [0.2, 0.25) is 0 Å². The average molecular weight is 296 g/mol. The summed E-state index contributed by atoms with van der Waals surface area (Å²) in [5.41, 5.74) is 1.70. The summed E-state index contributed by atoms with van der Waals surface area (Å²) in [7, 11) is 3.01. The van der Waals surface area contributed by atoms with Gasteiger partial charge in [-0.15, -0.1) is 0 Å². The van der Waals surface area contributed by atoms with Crippen LogP contribution >= 0.6 is 0 Å². The maximum atomic E-state index is 6.74. The topological polar surface area (TPSA) is 45.6 Å². The minimum atomic E-state index is 0.348. The molecule has 0 saturated carbocycles. The van der Waals surface area contributed by atoms with E-state index in [0.717, 1.165) is 11.1 Å². The molecule has 0 aliphatic heterocycles. The van der Waals surface area contributed by atoms with E-state index in [4.69, 9.17) is 32.3 Å². The quantitative estimate of drug-likeness (QED) is 0.622. The van der Waals surface area contributed by atoms with E-state index in [1.165, 1.54) is 14.2 Å². The van der Waals surface area contributed by atoms with Gasteiger partial charge in [0.15, 0.2) is 11.5 Å². The van der Waals surface area contributed by atoms with Crippen molar-refractivity contribution in [2.24, 2.45) is 0 Å². The van der Waals surface area contributed by atoms with Crippen molar-refractivity contribution in [1.82, 2.24) is 0 Å². The lowest BCUT2D eigenvalue weighted by Gasteiger charge is -2.08. The molecule has 6 nitrogen and oxygen atoms in total. The first-order valence-electron chi connectivity index (χ1n) is 6.17.